The van der Waals surface area contributed by atoms with Crippen LogP contribution in [-0.2, 0) is 19.5 Å². The molecule has 1 heterocycles. The van der Waals surface area contributed by atoms with Crippen LogP contribution in [0.5, 0.6) is 0 Å². The normalized spacial score (nSPS) is 11.7. The van der Waals surface area contributed by atoms with Crippen molar-refractivity contribution in [2.45, 2.75) is 54.1 Å². The number of nitrogens with one attached hydrogen (secondary N) is 1. The second-order valence-electron chi connectivity index (χ2n) is 5.68. The van der Waals surface area contributed by atoms with Gasteiger partial charge in [0.05, 0.1) is 0 Å². The second-order valence-corrected chi connectivity index (χ2v) is 5.68. The standard InChI is InChI=1S/C15H28N2/c1-6-17-14(9-12(2)3)7-8-15(17)11-16-10-13(4)5/h7-8,12-13,16H,6,9-11H2,1-5H3. The van der Waals surface area contributed by atoms with Crippen LogP contribution in [-0.4, -0.2) is 11.1 Å². The Labute approximate surface area is 106 Å². The molecule has 0 unspecified atom stereocenters. The predicted molar refractivity (Wildman–Crippen MR) is 75.2 cm³/mol. The third-order valence-electron chi connectivity index (χ3n) is 2.95. The lowest BCUT2D eigenvalue weighted by atomic mass is 10.1. The zero-order valence-electron chi connectivity index (χ0n) is 12.1. The molecule has 0 bridgehead atoms. The summed E-state index contributed by atoms with van der Waals surface area (Å²) >= 11 is 0. The van der Waals surface area contributed by atoms with Gasteiger partial charge in [0.1, 0.15) is 0 Å². The summed E-state index contributed by atoms with van der Waals surface area (Å²) in [7, 11) is 0. The van der Waals surface area contributed by atoms with Gasteiger partial charge >= 0.3 is 0 Å². The zero-order chi connectivity index (χ0) is 12.8. The Balaban J connectivity index is 2.62. The van der Waals surface area contributed by atoms with Crippen LogP contribution in [0.15, 0.2) is 12.1 Å². The molecular weight excluding hydrogens is 208 g/mol. The summed E-state index contributed by atoms with van der Waals surface area (Å²) in [5.41, 5.74) is 2.90. The first-order chi connectivity index (χ1) is 8.04. The molecule has 1 aromatic heterocycles. The van der Waals surface area contributed by atoms with E-state index in [4.69, 9.17) is 0 Å². The SMILES string of the molecule is CCn1c(CNCC(C)C)ccc1CC(C)C. The summed E-state index contributed by atoms with van der Waals surface area (Å²) in [5, 5.41) is 3.52. The Morgan fingerprint density at radius 3 is 2.24 bits per heavy atom. The average Bonchev–Trinajstić information content (AvgIpc) is 2.59. The van der Waals surface area contributed by atoms with Gasteiger partial charge in [0.25, 0.3) is 0 Å². The van der Waals surface area contributed by atoms with Crippen molar-refractivity contribution in [1.29, 1.82) is 0 Å². The fraction of sp³-hybridized carbons (Fsp3) is 0.733. The van der Waals surface area contributed by atoms with Gasteiger partial charge in [-0.05, 0) is 43.9 Å². The van der Waals surface area contributed by atoms with Crippen molar-refractivity contribution in [2.75, 3.05) is 6.54 Å². The van der Waals surface area contributed by atoms with E-state index in [1.807, 2.05) is 0 Å². The Hall–Kier alpha value is -0.760. The number of aromatic nitrogens is 1. The van der Waals surface area contributed by atoms with Gasteiger partial charge in [-0.3, -0.25) is 0 Å². The number of hydrogen-bond donors (Lipinski definition) is 1. The first kappa shape index (κ1) is 14.3. The lowest BCUT2D eigenvalue weighted by molar-refractivity contribution is 0.528. The van der Waals surface area contributed by atoms with Crippen molar-refractivity contribution in [3.63, 3.8) is 0 Å². The molecule has 2 nitrogen and oxygen atoms in total. The average molecular weight is 236 g/mol. The van der Waals surface area contributed by atoms with Crippen LogP contribution in [0.2, 0.25) is 0 Å². The van der Waals surface area contributed by atoms with E-state index in [1.54, 1.807) is 0 Å². The molecule has 98 valence electrons. The van der Waals surface area contributed by atoms with Crippen molar-refractivity contribution in [3.05, 3.63) is 23.5 Å². The molecule has 1 rings (SSSR count). The Bertz CT molecular complexity index is 324. The summed E-state index contributed by atoms with van der Waals surface area (Å²) in [4.78, 5) is 0. The number of nitrogens with zero attached hydrogens (tertiary/aromatic N) is 1. The van der Waals surface area contributed by atoms with Gasteiger partial charge < -0.3 is 9.88 Å². The van der Waals surface area contributed by atoms with Crippen molar-refractivity contribution in [3.8, 4) is 0 Å². The molecule has 0 aliphatic rings. The molecule has 0 amide bonds. The summed E-state index contributed by atoms with van der Waals surface area (Å²) in [6.07, 6.45) is 1.18. The van der Waals surface area contributed by atoms with Crippen molar-refractivity contribution in [2.24, 2.45) is 11.8 Å². The maximum absolute atomic E-state index is 3.52. The van der Waals surface area contributed by atoms with Crippen LogP contribution in [0.25, 0.3) is 0 Å². The van der Waals surface area contributed by atoms with Crippen molar-refractivity contribution >= 4 is 0 Å². The molecule has 17 heavy (non-hydrogen) atoms. The van der Waals surface area contributed by atoms with Crippen LogP contribution in [0.3, 0.4) is 0 Å². The molecule has 0 fully saturated rings. The molecule has 0 saturated carbocycles. The van der Waals surface area contributed by atoms with E-state index in [0.717, 1.165) is 31.5 Å². The smallest absolute Gasteiger partial charge is 0.0359 e. The minimum absolute atomic E-state index is 0.718. The molecule has 0 atom stereocenters. The van der Waals surface area contributed by atoms with Gasteiger partial charge in [-0.1, -0.05) is 27.7 Å². The maximum atomic E-state index is 3.52. The van der Waals surface area contributed by atoms with E-state index < -0.39 is 0 Å². The quantitative estimate of drug-likeness (QED) is 0.767. The van der Waals surface area contributed by atoms with Crippen LogP contribution < -0.4 is 5.32 Å². The summed E-state index contributed by atoms with van der Waals surface area (Å²) in [6.45, 7) is 14.4. The van der Waals surface area contributed by atoms with E-state index in [2.05, 4.69) is 56.6 Å². The fourth-order valence-electron chi connectivity index (χ4n) is 2.20. The molecule has 0 aliphatic carbocycles. The second kappa shape index (κ2) is 6.85. The third kappa shape index (κ3) is 4.55. The van der Waals surface area contributed by atoms with E-state index in [-0.39, 0.29) is 0 Å². The third-order valence-corrected chi connectivity index (χ3v) is 2.95. The van der Waals surface area contributed by atoms with Gasteiger partial charge in [0, 0.05) is 24.5 Å². The topological polar surface area (TPSA) is 17.0 Å². The highest BCUT2D eigenvalue weighted by Gasteiger charge is 2.08. The Kier molecular flexibility index (Phi) is 5.76. The summed E-state index contributed by atoms with van der Waals surface area (Å²) in [5.74, 6) is 1.45. The van der Waals surface area contributed by atoms with E-state index in [9.17, 15) is 0 Å². The zero-order valence-corrected chi connectivity index (χ0v) is 12.1. The van der Waals surface area contributed by atoms with E-state index in [0.29, 0.717) is 0 Å². The van der Waals surface area contributed by atoms with E-state index >= 15 is 0 Å². The predicted octanol–water partition coefficient (Wildman–Crippen LogP) is 3.45. The van der Waals surface area contributed by atoms with Crippen LogP contribution in [0.1, 0.15) is 46.0 Å². The largest absolute Gasteiger partial charge is 0.348 e. The van der Waals surface area contributed by atoms with Crippen LogP contribution in [0, 0.1) is 11.8 Å². The highest BCUT2D eigenvalue weighted by Crippen LogP contribution is 2.14. The van der Waals surface area contributed by atoms with Gasteiger partial charge in [0.15, 0.2) is 0 Å². The van der Waals surface area contributed by atoms with Crippen LogP contribution in [0.4, 0.5) is 0 Å². The van der Waals surface area contributed by atoms with Gasteiger partial charge in [0.2, 0.25) is 0 Å². The minimum Gasteiger partial charge on any atom is -0.348 e. The van der Waals surface area contributed by atoms with Gasteiger partial charge in [-0.25, -0.2) is 0 Å². The summed E-state index contributed by atoms with van der Waals surface area (Å²) < 4.78 is 2.45. The molecule has 1 N–H and O–H groups in total. The van der Waals surface area contributed by atoms with E-state index in [1.165, 1.54) is 17.8 Å². The lowest BCUT2D eigenvalue weighted by Gasteiger charge is -2.14. The molecule has 0 spiro atoms. The monoisotopic (exact) mass is 236 g/mol. The highest BCUT2D eigenvalue weighted by atomic mass is 15.0. The van der Waals surface area contributed by atoms with Gasteiger partial charge in [-0.15, -0.1) is 0 Å². The molecular formula is C15H28N2. The molecule has 0 radical (unpaired) electrons. The summed E-state index contributed by atoms with van der Waals surface area (Å²) in [6, 6.07) is 4.56. The van der Waals surface area contributed by atoms with Crippen LogP contribution >= 0.6 is 0 Å². The molecule has 0 aliphatic heterocycles. The maximum Gasteiger partial charge on any atom is 0.0359 e. The molecule has 1 aromatic rings. The van der Waals surface area contributed by atoms with Crippen molar-refractivity contribution < 1.29 is 0 Å². The molecule has 2 heteroatoms. The number of hydrogen-bond acceptors (Lipinski definition) is 1. The molecule has 0 aromatic carbocycles. The lowest BCUT2D eigenvalue weighted by Crippen LogP contribution is -2.21. The molecule has 0 saturated heterocycles. The first-order valence-electron chi connectivity index (χ1n) is 6.92. The van der Waals surface area contributed by atoms with Crippen molar-refractivity contribution in [1.82, 2.24) is 9.88 Å². The highest BCUT2D eigenvalue weighted by molar-refractivity contribution is 5.17. The number of rotatable bonds is 7. The Morgan fingerprint density at radius 2 is 1.71 bits per heavy atom. The first-order valence-corrected chi connectivity index (χ1v) is 6.92. The van der Waals surface area contributed by atoms with Gasteiger partial charge in [-0.2, -0.15) is 0 Å². The minimum atomic E-state index is 0.718. The Morgan fingerprint density at radius 1 is 1.06 bits per heavy atom. The fourth-order valence-corrected chi connectivity index (χ4v) is 2.20.